The van der Waals surface area contributed by atoms with Crippen molar-refractivity contribution in [2.24, 2.45) is 0 Å². The van der Waals surface area contributed by atoms with E-state index in [1.165, 1.54) is 18.2 Å². The van der Waals surface area contributed by atoms with E-state index in [1.807, 2.05) is 0 Å². The van der Waals surface area contributed by atoms with Gasteiger partial charge in [-0.2, -0.15) is 4.98 Å². The molecule has 21 heavy (non-hydrogen) atoms. The molecule has 0 aliphatic rings. The van der Waals surface area contributed by atoms with Crippen LogP contribution in [0.4, 0.5) is 18.9 Å². The Hall–Kier alpha value is -2.83. The Morgan fingerprint density at radius 1 is 0.952 bits per heavy atom. The van der Waals surface area contributed by atoms with Gasteiger partial charge in [-0.15, -0.1) is 0 Å². The van der Waals surface area contributed by atoms with Gasteiger partial charge in [0.25, 0.3) is 5.89 Å². The lowest BCUT2D eigenvalue weighted by atomic mass is 10.1. The summed E-state index contributed by atoms with van der Waals surface area (Å²) in [5.74, 6) is -2.47. The Morgan fingerprint density at radius 2 is 1.76 bits per heavy atom. The number of anilines is 1. The van der Waals surface area contributed by atoms with E-state index >= 15 is 0 Å². The van der Waals surface area contributed by atoms with Gasteiger partial charge in [0.1, 0.15) is 5.82 Å². The van der Waals surface area contributed by atoms with Crippen LogP contribution < -0.4 is 5.73 Å². The second kappa shape index (κ2) is 4.93. The number of hydrogen-bond donors (Lipinski definition) is 1. The molecule has 0 aliphatic carbocycles. The molecule has 0 bridgehead atoms. The Balaban J connectivity index is 2.03. The lowest BCUT2D eigenvalue weighted by Gasteiger charge is -1.99. The van der Waals surface area contributed by atoms with Crippen LogP contribution in [0.1, 0.15) is 0 Å². The van der Waals surface area contributed by atoms with Crippen molar-refractivity contribution in [3.8, 4) is 22.8 Å². The zero-order valence-electron chi connectivity index (χ0n) is 10.5. The molecule has 0 radical (unpaired) electrons. The topological polar surface area (TPSA) is 64.9 Å². The molecule has 1 heterocycles. The summed E-state index contributed by atoms with van der Waals surface area (Å²) in [6, 6.07) is 6.92. The maximum atomic E-state index is 13.2. The second-order valence-corrected chi connectivity index (χ2v) is 4.28. The highest BCUT2D eigenvalue weighted by molar-refractivity contribution is 5.71. The van der Waals surface area contributed by atoms with E-state index in [2.05, 4.69) is 10.1 Å². The smallest absolute Gasteiger partial charge is 0.260 e. The number of nitrogens with zero attached hydrogens (tertiary/aromatic N) is 2. The first-order valence-electron chi connectivity index (χ1n) is 5.89. The van der Waals surface area contributed by atoms with Crippen LogP contribution in [0.25, 0.3) is 22.8 Å². The fourth-order valence-corrected chi connectivity index (χ4v) is 1.80. The highest BCUT2D eigenvalue weighted by atomic mass is 19.2. The predicted molar refractivity (Wildman–Crippen MR) is 69.5 cm³/mol. The maximum Gasteiger partial charge on any atom is 0.260 e. The first-order chi connectivity index (χ1) is 10.0. The summed E-state index contributed by atoms with van der Waals surface area (Å²) in [6.07, 6.45) is 0. The standard InChI is InChI=1S/C14H8F3N3O/c15-8-2-4-12(18)9(6-8)14-19-13(20-21-14)7-1-3-10(16)11(17)5-7/h1-6H,18H2. The van der Waals surface area contributed by atoms with Gasteiger partial charge in [-0.05, 0) is 36.4 Å². The molecule has 0 saturated carbocycles. The van der Waals surface area contributed by atoms with Crippen molar-refractivity contribution in [1.29, 1.82) is 0 Å². The quantitative estimate of drug-likeness (QED) is 0.735. The summed E-state index contributed by atoms with van der Waals surface area (Å²) in [7, 11) is 0. The van der Waals surface area contributed by atoms with E-state index in [1.54, 1.807) is 0 Å². The molecule has 0 amide bonds. The van der Waals surface area contributed by atoms with Crippen molar-refractivity contribution in [3.05, 3.63) is 53.8 Å². The predicted octanol–water partition coefficient (Wildman–Crippen LogP) is 3.40. The average Bonchev–Trinajstić information content (AvgIpc) is 2.94. The van der Waals surface area contributed by atoms with Gasteiger partial charge in [0.15, 0.2) is 11.6 Å². The van der Waals surface area contributed by atoms with Crippen molar-refractivity contribution >= 4 is 5.69 Å². The minimum absolute atomic E-state index is 0.00765. The Morgan fingerprint density at radius 3 is 2.52 bits per heavy atom. The number of rotatable bonds is 2. The summed E-state index contributed by atoms with van der Waals surface area (Å²) >= 11 is 0. The molecule has 2 N–H and O–H groups in total. The van der Waals surface area contributed by atoms with Crippen LogP contribution in [0, 0.1) is 17.5 Å². The normalized spacial score (nSPS) is 10.8. The number of aromatic nitrogens is 2. The molecule has 7 heteroatoms. The molecule has 0 spiro atoms. The maximum absolute atomic E-state index is 13.2. The van der Waals surface area contributed by atoms with Gasteiger partial charge >= 0.3 is 0 Å². The third-order valence-corrected chi connectivity index (χ3v) is 2.85. The summed E-state index contributed by atoms with van der Waals surface area (Å²) in [5.41, 5.74) is 6.44. The van der Waals surface area contributed by atoms with Crippen LogP contribution in [0.3, 0.4) is 0 Å². The first-order valence-corrected chi connectivity index (χ1v) is 5.89. The van der Waals surface area contributed by atoms with E-state index in [0.29, 0.717) is 0 Å². The van der Waals surface area contributed by atoms with Crippen LogP contribution in [0.15, 0.2) is 40.9 Å². The zero-order valence-corrected chi connectivity index (χ0v) is 10.5. The molecule has 0 saturated heterocycles. The summed E-state index contributed by atoms with van der Waals surface area (Å²) < 4.78 is 44.3. The van der Waals surface area contributed by atoms with Crippen molar-refractivity contribution in [2.75, 3.05) is 5.73 Å². The monoisotopic (exact) mass is 291 g/mol. The largest absolute Gasteiger partial charge is 0.398 e. The van der Waals surface area contributed by atoms with E-state index in [-0.39, 0.29) is 28.5 Å². The van der Waals surface area contributed by atoms with E-state index in [0.717, 1.165) is 18.2 Å². The van der Waals surface area contributed by atoms with Gasteiger partial charge in [0.2, 0.25) is 5.82 Å². The second-order valence-electron chi connectivity index (χ2n) is 4.28. The fourth-order valence-electron chi connectivity index (χ4n) is 1.80. The van der Waals surface area contributed by atoms with Gasteiger partial charge in [-0.1, -0.05) is 5.16 Å². The summed E-state index contributed by atoms with van der Waals surface area (Å²) in [5, 5.41) is 3.65. The Kier molecular flexibility index (Phi) is 3.09. The van der Waals surface area contributed by atoms with Crippen molar-refractivity contribution in [2.45, 2.75) is 0 Å². The SMILES string of the molecule is Nc1ccc(F)cc1-c1nc(-c2ccc(F)c(F)c2)no1. The number of nitrogens with two attached hydrogens (primary N) is 1. The molecule has 1 aromatic heterocycles. The van der Waals surface area contributed by atoms with Crippen molar-refractivity contribution in [3.63, 3.8) is 0 Å². The lowest BCUT2D eigenvalue weighted by Crippen LogP contribution is -1.91. The molecule has 106 valence electrons. The van der Waals surface area contributed by atoms with Gasteiger partial charge in [-0.25, -0.2) is 13.2 Å². The molecule has 3 aromatic rings. The zero-order chi connectivity index (χ0) is 15.0. The molecule has 2 aromatic carbocycles. The highest BCUT2D eigenvalue weighted by Gasteiger charge is 2.15. The van der Waals surface area contributed by atoms with Gasteiger partial charge < -0.3 is 10.3 Å². The first kappa shape index (κ1) is 13.2. The molecule has 4 nitrogen and oxygen atoms in total. The third-order valence-electron chi connectivity index (χ3n) is 2.85. The minimum atomic E-state index is -1.02. The third kappa shape index (κ3) is 2.45. The number of halogens is 3. The fraction of sp³-hybridized carbons (Fsp3) is 0. The van der Waals surface area contributed by atoms with Gasteiger partial charge in [-0.3, -0.25) is 0 Å². The number of nitrogen functional groups attached to an aromatic ring is 1. The molecular weight excluding hydrogens is 283 g/mol. The highest BCUT2D eigenvalue weighted by Crippen LogP contribution is 2.27. The van der Waals surface area contributed by atoms with Crippen LogP contribution in [0.2, 0.25) is 0 Å². The number of benzene rings is 2. The Labute approximate surface area is 117 Å². The van der Waals surface area contributed by atoms with Crippen LogP contribution in [0.5, 0.6) is 0 Å². The molecule has 0 unspecified atom stereocenters. The van der Waals surface area contributed by atoms with Gasteiger partial charge in [0.05, 0.1) is 5.56 Å². The van der Waals surface area contributed by atoms with E-state index in [4.69, 9.17) is 10.3 Å². The van der Waals surface area contributed by atoms with Gasteiger partial charge in [0, 0.05) is 11.3 Å². The molecule has 3 rings (SSSR count). The van der Waals surface area contributed by atoms with Crippen molar-refractivity contribution in [1.82, 2.24) is 10.1 Å². The number of hydrogen-bond acceptors (Lipinski definition) is 4. The van der Waals surface area contributed by atoms with E-state index < -0.39 is 17.5 Å². The molecular formula is C14H8F3N3O. The molecule has 0 aliphatic heterocycles. The van der Waals surface area contributed by atoms with Crippen LogP contribution in [-0.2, 0) is 0 Å². The minimum Gasteiger partial charge on any atom is -0.398 e. The van der Waals surface area contributed by atoms with Crippen molar-refractivity contribution < 1.29 is 17.7 Å². The molecule has 0 atom stereocenters. The van der Waals surface area contributed by atoms with Crippen LogP contribution in [-0.4, -0.2) is 10.1 Å². The average molecular weight is 291 g/mol. The molecule has 0 fully saturated rings. The lowest BCUT2D eigenvalue weighted by molar-refractivity contribution is 0.432. The summed E-state index contributed by atoms with van der Waals surface area (Å²) in [6.45, 7) is 0. The van der Waals surface area contributed by atoms with Crippen LogP contribution >= 0.6 is 0 Å². The van der Waals surface area contributed by atoms with E-state index in [9.17, 15) is 13.2 Å². The Bertz CT molecular complexity index is 817. The summed E-state index contributed by atoms with van der Waals surface area (Å²) in [4.78, 5) is 4.01.